The average molecular weight is 317 g/mol. The van der Waals surface area contributed by atoms with Gasteiger partial charge in [-0.2, -0.15) is 0 Å². The highest BCUT2D eigenvalue weighted by atomic mass is 31.0. The van der Waals surface area contributed by atoms with Crippen molar-refractivity contribution < 1.29 is 14.2 Å². The quantitative estimate of drug-likeness (QED) is 0.366. The predicted molar refractivity (Wildman–Crippen MR) is 88.3 cm³/mol. The highest BCUT2D eigenvalue weighted by molar-refractivity contribution is 7.10. The Bertz CT molecular complexity index is 771. The molecule has 0 spiro atoms. The molecule has 2 aromatic carbocycles. The summed E-state index contributed by atoms with van der Waals surface area (Å²) in [4.78, 5) is 22.7. The molecule has 6 heteroatoms. The van der Waals surface area contributed by atoms with Crippen LogP contribution in [0.25, 0.3) is 11.1 Å². The van der Waals surface area contributed by atoms with Crippen molar-refractivity contribution in [3.05, 3.63) is 57.1 Å². The van der Waals surface area contributed by atoms with E-state index in [2.05, 4.69) is 9.47 Å². The first-order valence-corrected chi connectivity index (χ1v) is 7.11. The van der Waals surface area contributed by atoms with Crippen LogP contribution in [0.3, 0.4) is 0 Å². The van der Waals surface area contributed by atoms with Gasteiger partial charge < -0.3 is 4.52 Å². The van der Waals surface area contributed by atoms with Crippen molar-refractivity contribution in [1.82, 2.24) is 0 Å². The maximum Gasteiger partial charge on any atom is 0.273 e. The molecular weight excluding hydrogens is 301 g/mol. The molecule has 0 aliphatic carbocycles. The van der Waals surface area contributed by atoms with Crippen LogP contribution in [0.2, 0.25) is 0 Å². The summed E-state index contributed by atoms with van der Waals surface area (Å²) in [7, 11) is 2.18. The number of hydrogen-bond donors (Lipinski definition) is 0. The molecule has 1 atom stereocenters. The standard InChI is InChI=1S/C16H16NO4P/c1-9-5-4-6-14(21-22)15(9)12-7-8-13(17(19)20)10(2)16(12)11(3)18/h4-8H,22H2,1-3H3. The van der Waals surface area contributed by atoms with Crippen molar-refractivity contribution in [2.45, 2.75) is 20.8 Å². The summed E-state index contributed by atoms with van der Waals surface area (Å²) in [6, 6.07) is 8.58. The lowest BCUT2D eigenvalue weighted by atomic mass is 9.90. The van der Waals surface area contributed by atoms with Crippen molar-refractivity contribution in [3.63, 3.8) is 0 Å². The van der Waals surface area contributed by atoms with Crippen LogP contribution in [0.4, 0.5) is 5.69 Å². The van der Waals surface area contributed by atoms with Gasteiger partial charge in [-0.15, -0.1) is 0 Å². The van der Waals surface area contributed by atoms with Gasteiger partial charge >= 0.3 is 0 Å². The first-order valence-electron chi connectivity index (χ1n) is 6.64. The number of Topliss-reactive ketones (excluding diaryl/α,β-unsaturated/α-hetero) is 1. The van der Waals surface area contributed by atoms with Gasteiger partial charge in [-0.05, 0) is 44.0 Å². The van der Waals surface area contributed by atoms with Gasteiger partial charge in [0.25, 0.3) is 5.69 Å². The van der Waals surface area contributed by atoms with Crippen LogP contribution >= 0.6 is 9.47 Å². The van der Waals surface area contributed by atoms with E-state index in [4.69, 9.17) is 4.52 Å². The summed E-state index contributed by atoms with van der Waals surface area (Å²) in [5.41, 5.74) is 3.00. The lowest BCUT2D eigenvalue weighted by molar-refractivity contribution is -0.385. The van der Waals surface area contributed by atoms with Crippen LogP contribution in [0.5, 0.6) is 5.75 Å². The highest BCUT2D eigenvalue weighted by Crippen LogP contribution is 2.39. The number of hydrogen-bond acceptors (Lipinski definition) is 4. The molecule has 22 heavy (non-hydrogen) atoms. The zero-order valence-electron chi connectivity index (χ0n) is 12.5. The van der Waals surface area contributed by atoms with Gasteiger partial charge in [-0.25, -0.2) is 0 Å². The average Bonchev–Trinajstić information content (AvgIpc) is 2.45. The third-order valence-electron chi connectivity index (χ3n) is 3.62. The van der Waals surface area contributed by atoms with Crippen LogP contribution in [0, 0.1) is 24.0 Å². The summed E-state index contributed by atoms with van der Waals surface area (Å²) in [6.45, 7) is 4.91. The molecule has 1 unspecified atom stereocenters. The fourth-order valence-electron chi connectivity index (χ4n) is 2.64. The van der Waals surface area contributed by atoms with Crippen molar-refractivity contribution in [1.29, 1.82) is 0 Å². The van der Waals surface area contributed by atoms with E-state index in [0.717, 1.165) is 11.1 Å². The molecule has 0 heterocycles. The van der Waals surface area contributed by atoms with Crippen LogP contribution in [0.1, 0.15) is 28.4 Å². The van der Waals surface area contributed by atoms with Gasteiger partial charge in [-0.1, -0.05) is 12.1 Å². The Morgan fingerprint density at radius 2 is 1.91 bits per heavy atom. The third kappa shape index (κ3) is 2.72. The molecule has 0 aromatic heterocycles. The number of carbonyl (C=O) groups is 1. The largest absolute Gasteiger partial charge is 0.480 e. The molecule has 2 rings (SSSR count). The van der Waals surface area contributed by atoms with Crippen LogP contribution in [-0.2, 0) is 0 Å². The zero-order chi connectivity index (χ0) is 16.4. The molecule has 2 aromatic rings. The summed E-state index contributed by atoms with van der Waals surface area (Å²) < 4.78 is 5.30. The maximum absolute atomic E-state index is 12.1. The minimum atomic E-state index is -0.476. The second-order valence-corrected chi connectivity index (χ2v) is 5.25. The van der Waals surface area contributed by atoms with Gasteiger partial charge in [0.15, 0.2) is 5.78 Å². The minimum Gasteiger partial charge on any atom is -0.480 e. The number of rotatable bonds is 4. The van der Waals surface area contributed by atoms with Crippen molar-refractivity contribution in [2.75, 3.05) is 0 Å². The van der Waals surface area contributed by atoms with Crippen LogP contribution in [0.15, 0.2) is 30.3 Å². The van der Waals surface area contributed by atoms with E-state index in [0.29, 0.717) is 22.4 Å². The molecule has 0 radical (unpaired) electrons. The van der Waals surface area contributed by atoms with Crippen molar-refractivity contribution >= 4 is 20.9 Å². The molecule has 0 bridgehead atoms. The van der Waals surface area contributed by atoms with E-state index in [1.54, 1.807) is 19.1 Å². The smallest absolute Gasteiger partial charge is 0.273 e. The monoisotopic (exact) mass is 317 g/mol. The van der Waals surface area contributed by atoms with E-state index in [1.807, 2.05) is 19.1 Å². The molecule has 114 valence electrons. The Hall–Kier alpha value is -2.26. The Morgan fingerprint density at radius 3 is 2.45 bits per heavy atom. The third-order valence-corrected chi connectivity index (χ3v) is 3.87. The normalized spacial score (nSPS) is 10.4. The van der Waals surface area contributed by atoms with Crippen molar-refractivity contribution in [2.24, 2.45) is 0 Å². The Morgan fingerprint density at radius 1 is 1.23 bits per heavy atom. The predicted octanol–water partition coefficient (Wildman–Crippen LogP) is 4.25. The summed E-state index contributed by atoms with van der Waals surface area (Å²) in [5.74, 6) is 0.384. The van der Waals surface area contributed by atoms with E-state index >= 15 is 0 Å². The van der Waals surface area contributed by atoms with Gasteiger partial charge in [0.2, 0.25) is 0 Å². The van der Waals surface area contributed by atoms with Crippen LogP contribution in [-0.4, -0.2) is 10.7 Å². The number of nitrogens with zero attached hydrogens (tertiary/aromatic N) is 1. The number of benzene rings is 2. The van der Waals surface area contributed by atoms with Crippen molar-refractivity contribution in [3.8, 4) is 16.9 Å². The summed E-state index contributed by atoms with van der Waals surface area (Å²) in [6.07, 6.45) is 0. The van der Waals surface area contributed by atoms with E-state index < -0.39 is 4.92 Å². The molecule has 0 aliphatic rings. The fraction of sp³-hybridized carbons (Fsp3) is 0.188. The maximum atomic E-state index is 12.1. The fourth-order valence-corrected chi connectivity index (χ4v) is 2.84. The molecular formula is C16H16NO4P. The van der Waals surface area contributed by atoms with Gasteiger partial charge in [0, 0.05) is 22.8 Å². The van der Waals surface area contributed by atoms with E-state index in [9.17, 15) is 14.9 Å². The Kier molecular flexibility index (Phi) is 4.57. The molecule has 0 saturated heterocycles. The highest BCUT2D eigenvalue weighted by Gasteiger charge is 2.23. The Balaban J connectivity index is 2.86. The van der Waals surface area contributed by atoms with Gasteiger partial charge in [0.05, 0.1) is 14.4 Å². The van der Waals surface area contributed by atoms with Crippen LogP contribution < -0.4 is 4.52 Å². The molecule has 0 fully saturated rings. The lowest BCUT2D eigenvalue weighted by Gasteiger charge is -2.16. The number of nitro groups is 1. The summed E-state index contributed by atoms with van der Waals surface area (Å²) in [5, 5.41) is 11.1. The van der Waals surface area contributed by atoms with E-state index in [-0.39, 0.29) is 11.5 Å². The summed E-state index contributed by atoms with van der Waals surface area (Å²) >= 11 is 0. The Labute approximate surface area is 130 Å². The topological polar surface area (TPSA) is 69.4 Å². The molecule has 0 aliphatic heterocycles. The molecule has 0 N–H and O–H groups in total. The first-order chi connectivity index (χ1) is 10.4. The first kappa shape index (κ1) is 16.1. The van der Waals surface area contributed by atoms with Gasteiger partial charge in [-0.3, -0.25) is 14.9 Å². The zero-order valence-corrected chi connectivity index (χ0v) is 13.7. The molecule has 0 amide bonds. The van der Waals surface area contributed by atoms with E-state index in [1.165, 1.54) is 13.0 Å². The lowest BCUT2D eigenvalue weighted by Crippen LogP contribution is -2.04. The second kappa shape index (κ2) is 6.24. The number of carbonyl (C=O) groups excluding carboxylic acids is 1. The number of aryl methyl sites for hydroxylation is 1. The molecule has 5 nitrogen and oxygen atoms in total. The van der Waals surface area contributed by atoms with Gasteiger partial charge in [0.1, 0.15) is 5.75 Å². The number of nitro benzene ring substituents is 1. The molecule has 0 saturated carbocycles. The SMILES string of the molecule is CC(=O)c1c(-c2c(C)cccc2OP)ccc([N+](=O)[O-])c1C. The second-order valence-electron chi connectivity index (χ2n) is 5.01. The minimum absolute atomic E-state index is 0.0594. The number of ketones is 1.